The number of hydrogen-bond acceptors (Lipinski definition) is 3. The molecule has 0 saturated heterocycles. The summed E-state index contributed by atoms with van der Waals surface area (Å²) < 4.78 is 7.03. The first-order valence-electron chi connectivity index (χ1n) is 6.37. The molecule has 0 unspecified atom stereocenters. The van der Waals surface area contributed by atoms with Crippen molar-refractivity contribution < 1.29 is 14.6 Å². The first kappa shape index (κ1) is 13.2. The number of benzene rings is 2. The van der Waals surface area contributed by atoms with Crippen molar-refractivity contribution in [2.75, 3.05) is 7.11 Å². The van der Waals surface area contributed by atoms with Gasteiger partial charge in [-0.3, -0.25) is 4.79 Å². The van der Waals surface area contributed by atoms with E-state index < -0.39 is 5.97 Å². The predicted octanol–water partition coefficient (Wildman–Crippen LogP) is 2.40. The lowest BCUT2D eigenvalue weighted by molar-refractivity contribution is 0.0696. The average molecular weight is 283 g/mol. The molecule has 0 aliphatic carbocycles. The highest BCUT2D eigenvalue weighted by molar-refractivity contribution is 6.01. The SMILES string of the molecule is COc1cc(C(=O)O)cc2c1c(=O)c1ccccc1n2C. The Kier molecular flexibility index (Phi) is 2.90. The number of aromatic nitrogens is 1. The highest BCUT2D eigenvalue weighted by Crippen LogP contribution is 2.27. The molecule has 106 valence electrons. The van der Waals surface area contributed by atoms with Crippen LogP contribution in [0.2, 0.25) is 0 Å². The highest BCUT2D eigenvalue weighted by Gasteiger charge is 2.16. The number of nitrogens with zero attached hydrogens (tertiary/aromatic N) is 1. The van der Waals surface area contributed by atoms with Crippen molar-refractivity contribution in [1.82, 2.24) is 4.57 Å². The van der Waals surface area contributed by atoms with Crippen LogP contribution in [-0.2, 0) is 7.05 Å². The Bertz CT molecular complexity index is 940. The summed E-state index contributed by atoms with van der Waals surface area (Å²) in [5.41, 5.74) is 1.21. The first-order chi connectivity index (χ1) is 10.0. The average Bonchev–Trinajstić information content (AvgIpc) is 2.51. The first-order valence-corrected chi connectivity index (χ1v) is 6.37. The van der Waals surface area contributed by atoms with E-state index in [1.54, 1.807) is 23.7 Å². The molecule has 3 aromatic rings. The number of hydrogen-bond donors (Lipinski definition) is 1. The van der Waals surface area contributed by atoms with Gasteiger partial charge in [0.25, 0.3) is 0 Å². The van der Waals surface area contributed by atoms with Crippen molar-refractivity contribution in [3.63, 3.8) is 0 Å². The molecule has 1 heterocycles. The minimum Gasteiger partial charge on any atom is -0.496 e. The van der Waals surface area contributed by atoms with Crippen LogP contribution < -0.4 is 10.2 Å². The van der Waals surface area contributed by atoms with Crippen LogP contribution >= 0.6 is 0 Å². The Morgan fingerprint density at radius 3 is 2.57 bits per heavy atom. The summed E-state index contributed by atoms with van der Waals surface area (Å²) in [5.74, 6) is -0.785. The maximum Gasteiger partial charge on any atom is 0.335 e. The molecule has 0 aliphatic heterocycles. The number of fused-ring (bicyclic) bond motifs is 2. The van der Waals surface area contributed by atoms with Crippen LogP contribution in [0.15, 0.2) is 41.2 Å². The van der Waals surface area contributed by atoms with E-state index in [-0.39, 0.29) is 16.7 Å². The van der Waals surface area contributed by atoms with Gasteiger partial charge in [0, 0.05) is 12.4 Å². The second-order valence-electron chi connectivity index (χ2n) is 4.78. The van der Waals surface area contributed by atoms with Crippen LogP contribution in [0, 0.1) is 0 Å². The topological polar surface area (TPSA) is 68.5 Å². The monoisotopic (exact) mass is 283 g/mol. The van der Waals surface area contributed by atoms with Crippen molar-refractivity contribution >= 4 is 27.8 Å². The zero-order chi connectivity index (χ0) is 15.1. The van der Waals surface area contributed by atoms with E-state index in [1.807, 2.05) is 12.1 Å². The molecular weight excluding hydrogens is 270 g/mol. The van der Waals surface area contributed by atoms with Gasteiger partial charge in [0.2, 0.25) is 5.43 Å². The van der Waals surface area contributed by atoms with Crippen molar-refractivity contribution in [2.24, 2.45) is 7.05 Å². The predicted molar refractivity (Wildman–Crippen MR) is 80.2 cm³/mol. The molecule has 21 heavy (non-hydrogen) atoms. The number of pyridine rings is 1. The van der Waals surface area contributed by atoms with Gasteiger partial charge >= 0.3 is 5.97 Å². The van der Waals surface area contributed by atoms with Crippen molar-refractivity contribution in [3.8, 4) is 5.75 Å². The van der Waals surface area contributed by atoms with Crippen LogP contribution in [-0.4, -0.2) is 22.8 Å². The molecule has 1 aromatic heterocycles. The van der Waals surface area contributed by atoms with Gasteiger partial charge in [0.1, 0.15) is 5.75 Å². The number of carboxylic acids is 1. The molecule has 2 aromatic carbocycles. The van der Waals surface area contributed by atoms with Crippen molar-refractivity contribution in [1.29, 1.82) is 0 Å². The summed E-state index contributed by atoms with van der Waals surface area (Å²) in [4.78, 5) is 23.9. The van der Waals surface area contributed by atoms with Crippen LogP contribution in [0.3, 0.4) is 0 Å². The summed E-state index contributed by atoms with van der Waals surface area (Å²) in [6.45, 7) is 0. The Hall–Kier alpha value is -2.82. The van der Waals surface area contributed by atoms with Gasteiger partial charge in [-0.15, -0.1) is 0 Å². The lowest BCUT2D eigenvalue weighted by Gasteiger charge is -2.13. The zero-order valence-corrected chi connectivity index (χ0v) is 11.6. The van der Waals surface area contributed by atoms with Gasteiger partial charge in [-0.25, -0.2) is 4.79 Å². The van der Waals surface area contributed by atoms with Gasteiger partial charge < -0.3 is 14.4 Å². The summed E-state index contributed by atoms with van der Waals surface area (Å²) in [7, 11) is 3.23. The van der Waals surface area contributed by atoms with Crippen LogP contribution in [0.4, 0.5) is 0 Å². The normalized spacial score (nSPS) is 11.0. The Labute approximate surface area is 120 Å². The lowest BCUT2D eigenvalue weighted by Crippen LogP contribution is -2.11. The van der Waals surface area contributed by atoms with E-state index in [1.165, 1.54) is 19.2 Å². The van der Waals surface area contributed by atoms with Crippen molar-refractivity contribution in [2.45, 2.75) is 0 Å². The maximum absolute atomic E-state index is 12.7. The number of ether oxygens (including phenoxy) is 1. The van der Waals surface area contributed by atoms with Crippen molar-refractivity contribution in [3.05, 3.63) is 52.2 Å². The summed E-state index contributed by atoms with van der Waals surface area (Å²) in [6, 6.07) is 10.1. The number of rotatable bonds is 2. The molecule has 0 aliphatic rings. The molecule has 5 nitrogen and oxygen atoms in total. The summed E-state index contributed by atoms with van der Waals surface area (Å²) in [6.07, 6.45) is 0. The van der Waals surface area contributed by atoms with Crippen LogP contribution in [0.1, 0.15) is 10.4 Å². The molecule has 3 rings (SSSR count). The largest absolute Gasteiger partial charge is 0.496 e. The Morgan fingerprint density at radius 1 is 1.19 bits per heavy atom. The fourth-order valence-corrected chi connectivity index (χ4v) is 2.60. The number of methoxy groups -OCH3 is 1. The second-order valence-corrected chi connectivity index (χ2v) is 4.78. The number of carbonyl (C=O) groups is 1. The molecule has 0 fully saturated rings. The van der Waals surface area contributed by atoms with E-state index in [2.05, 4.69) is 0 Å². The van der Waals surface area contributed by atoms with Gasteiger partial charge in [-0.05, 0) is 24.3 Å². The molecule has 0 saturated carbocycles. The van der Waals surface area contributed by atoms with E-state index in [0.717, 1.165) is 5.52 Å². The minimum atomic E-state index is -1.06. The van der Waals surface area contributed by atoms with E-state index >= 15 is 0 Å². The maximum atomic E-state index is 12.7. The molecule has 0 amide bonds. The quantitative estimate of drug-likeness (QED) is 0.733. The van der Waals surface area contributed by atoms with Crippen LogP contribution in [0.25, 0.3) is 21.8 Å². The fourth-order valence-electron chi connectivity index (χ4n) is 2.60. The lowest BCUT2D eigenvalue weighted by atomic mass is 10.1. The fraction of sp³-hybridized carbons (Fsp3) is 0.125. The number of aryl methyl sites for hydroxylation is 1. The number of aromatic carboxylic acids is 1. The molecule has 0 bridgehead atoms. The van der Waals surface area contributed by atoms with Crippen LogP contribution in [0.5, 0.6) is 5.75 Å². The number of carboxylic acid groups (broad SMARTS) is 1. The molecule has 0 radical (unpaired) electrons. The molecule has 1 N–H and O–H groups in total. The van der Waals surface area contributed by atoms with Gasteiger partial charge in [0.05, 0.1) is 29.1 Å². The number of para-hydroxylation sites is 1. The van der Waals surface area contributed by atoms with E-state index in [9.17, 15) is 14.7 Å². The van der Waals surface area contributed by atoms with Gasteiger partial charge in [-0.1, -0.05) is 12.1 Å². The molecule has 0 atom stereocenters. The second kappa shape index (κ2) is 4.63. The molecular formula is C16H13NO4. The zero-order valence-electron chi connectivity index (χ0n) is 11.6. The van der Waals surface area contributed by atoms with E-state index in [0.29, 0.717) is 16.3 Å². The summed E-state index contributed by atoms with van der Waals surface area (Å²) >= 11 is 0. The Balaban J connectivity index is 2.62. The van der Waals surface area contributed by atoms with E-state index in [4.69, 9.17) is 4.74 Å². The van der Waals surface area contributed by atoms with Gasteiger partial charge in [0.15, 0.2) is 0 Å². The smallest absolute Gasteiger partial charge is 0.335 e. The van der Waals surface area contributed by atoms with Gasteiger partial charge in [-0.2, -0.15) is 0 Å². The standard InChI is InChI=1S/C16H13NO4/c1-17-11-6-4-3-5-10(11)15(18)14-12(17)7-9(16(19)20)8-13(14)21-2/h3-8H,1-2H3,(H,19,20). The summed E-state index contributed by atoms with van der Waals surface area (Å²) in [5, 5.41) is 10.2. The third kappa shape index (κ3) is 1.86. The third-order valence-electron chi connectivity index (χ3n) is 3.65. The highest BCUT2D eigenvalue weighted by atomic mass is 16.5. The third-order valence-corrected chi connectivity index (χ3v) is 3.65. The Morgan fingerprint density at radius 2 is 1.90 bits per heavy atom. The minimum absolute atomic E-state index is 0.0876. The molecule has 5 heteroatoms. The molecule has 0 spiro atoms.